The van der Waals surface area contributed by atoms with Crippen molar-refractivity contribution in [3.63, 3.8) is 0 Å². The molecular weight excluding hydrogens is 368 g/mol. The van der Waals surface area contributed by atoms with E-state index in [0.29, 0.717) is 17.3 Å². The molecule has 1 aliphatic carbocycles. The molecule has 0 saturated heterocycles. The Labute approximate surface area is 158 Å². The van der Waals surface area contributed by atoms with Crippen molar-refractivity contribution in [3.05, 3.63) is 39.1 Å². The Morgan fingerprint density at radius 1 is 1.46 bits per heavy atom. The topological polar surface area (TPSA) is 78.1 Å². The van der Waals surface area contributed by atoms with Gasteiger partial charge in [-0.1, -0.05) is 6.07 Å². The molecule has 1 amide bonds. The molecule has 1 atom stereocenters. The van der Waals surface area contributed by atoms with Gasteiger partial charge >= 0.3 is 0 Å². The lowest BCUT2D eigenvalue weighted by Crippen LogP contribution is -2.38. The Morgan fingerprint density at radius 3 is 2.96 bits per heavy atom. The summed E-state index contributed by atoms with van der Waals surface area (Å²) in [5.74, 6) is 0.602. The number of likely N-dealkylation sites (N-methyl/N-ethyl adjacent to an activating group) is 1. The third-order valence-corrected chi connectivity index (χ3v) is 6.42. The van der Waals surface area contributed by atoms with Crippen LogP contribution in [0.3, 0.4) is 0 Å². The second kappa shape index (κ2) is 6.94. The summed E-state index contributed by atoms with van der Waals surface area (Å²) in [6.45, 7) is 2.23. The average Bonchev–Trinajstić information content (AvgIpc) is 3.10. The molecule has 3 heterocycles. The molecule has 8 heteroatoms. The highest BCUT2D eigenvalue weighted by molar-refractivity contribution is 7.18. The summed E-state index contributed by atoms with van der Waals surface area (Å²) >= 11 is 3.09. The number of H-pyrrole nitrogens is 1. The van der Waals surface area contributed by atoms with Gasteiger partial charge in [0.2, 0.25) is 5.91 Å². The van der Waals surface area contributed by atoms with Crippen LogP contribution in [0.4, 0.5) is 0 Å². The number of hydrogen-bond acceptors (Lipinski definition) is 6. The van der Waals surface area contributed by atoms with Crippen LogP contribution in [0.15, 0.2) is 27.7 Å². The van der Waals surface area contributed by atoms with Crippen molar-refractivity contribution >= 4 is 38.8 Å². The lowest BCUT2D eigenvalue weighted by Gasteiger charge is -2.23. The number of carbonyl (C=O) groups is 1. The molecule has 3 aromatic rings. The molecule has 3 aromatic heterocycles. The third-order valence-electron chi connectivity index (χ3n) is 4.64. The minimum Gasteiger partial charge on any atom is -0.352 e. The van der Waals surface area contributed by atoms with Gasteiger partial charge in [-0.05, 0) is 38.3 Å². The van der Waals surface area contributed by atoms with Crippen molar-refractivity contribution in [2.75, 3.05) is 13.6 Å². The summed E-state index contributed by atoms with van der Waals surface area (Å²) < 4.78 is 0. The molecule has 0 bridgehead atoms. The third kappa shape index (κ3) is 3.44. The molecule has 6 nitrogen and oxygen atoms in total. The van der Waals surface area contributed by atoms with Crippen molar-refractivity contribution in [3.8, 4) is 10.4 Å². The molecule has 1 saturated carbocycles. The maximum atomic E-state index is 12.7. The fourth-order valence-corrected chi connectivity index (χ4v) is 4.62. The first-order valence-corrected chi connectivity index (χ1v) is 10.3. The predicted octanol–water partition coefficient (Wildman–Crippen LogP) is 2.98. The molecule has 2 N–H and O–H groups in total. The van der Waals surface area contributed by atoms with Crippen molar-refractivity contribution in [1.82, 2.24) is 20.2 Å². The summed E-state index contributed by atoms with van der Waals surface area (Å²) in [5, 5.41) is 7.61. The summed E-state index contributed by atoms with van der Waals surface area (Å²) in [7, 11) is 1.87. The van der Waals surface area contributed by atoms with Crippen LogP contribution < -0.4 is 10.9 Å². The van der Waals surface area contributed by atoms with E-state index in [0.717, 1.165) is 28.1 Å². The lowest BCUT2D eigenvalue weighted by molar-refractivity contribution is -0.122. The summed E-state index contributed by atoms with van der Waals surface area (Å²) in [6, 6.07) is 4.17. The number of fused-ring (bicyclic) bond motifs is 1. The van der Waals surface area contributed by atoms with Crippen LogP contribution >= 0.6 is 22.7 Å². The fourth-order valence-electron chi connectivity index (χ4n) is 2.85. The van der Waals surface area contributed by atoms with Crippen LogP contribution in [-0.4, -0.2) is 40.4 Å². The van der Waals surface area contributed by atoms with E-state index < -0.39 is 0 Å². The largest absolute Gasteiger partial charge is 0.352 e. The Bertz CT molecular complexity index is 988. The van der Waals surface area contributed by atoms with E-state index in [1.807, 2.05) is 41.8 Å². The van der Waals surface area contributed by atoms with Gasteiger partial charge in [-0.25, -0.2) is 4.98 Å². The molecule has 4 rings (SSSR count). The number of aromatic nitrogens is 2. The zero-order valence-electron chi connectivity index (χ0n) is 14.6. The van der Waals surface area contributed by atoms with Gasteiger partial charge in [-0.3, -0.25) is 14.5 Å². The number of thiophene rings is 2. The average molecular weight is 389 g/mol. The molecule has 136 valence electrons. The first kappa shape index (κ1) is 17.4. The Hall–Kier alpha value is -2.03. The van der Waals surface area contributed by atoms with Gasteiger partial charge in [0.15, 0.2) is 0 Å². The summed E-state index contributed by atoms with van der Waals surface area (Å²) in [4.78, 5) is 36.0. The number of aromatic amines is 1. The van der Waals surface area contributed by atoms with Crippen LogP contribution in [0.5, 0.6) is 0 Å². The molecule has 0 aliphatic heterocycles. The number of rotatable bonds is 6. The summed E-state index contributed by atoms with van der Waals surface area (Å²) in [5.41, 5.74) is 0.808. The van der Waals surface area contributed by atoms with Gasteiger partial charge in [-0.15, -0.1) is 22.7 Å². The highest BCUT2D eigenvalue weighted by Gasteiger charge is 2.25. The Balaban J connectivity index is 1.58. The maximum Gasteiger partial charge on any atom is 0.260 e. The van der Waals surface area contributed by atoms with E-state index in [2.05, 4.69) is 15.3 Å². The first-order chi connectivity index (χ1) is 12.5. The fraction of sp³-hybridized carbons (Fsp3) is 0.389. The normalized spacial score (nSPS) is 15.5. The van der Waals surface area contributed by atoms with Crippen LogP contribution in [0.25, 0.3) is 20.7 Å². The number of carbonyl (C=O) groups excluding carboxylic acids is 1. The smallest absolute Gasteiger partial charge is 0.260 e. The van der Waals surface area contributed by atoms with Crippen molar-refractivity contribution in [1.29, 1.82) is 0 Å². The van der Waals surface area contributed by atoms with Crippen LogP contribution in [-0.2, 0) is 4.79 Å². The second-order valence-electron chi connectivity index (χ2n) is 6.69. The van der Waals surface area contributed by atoms with Gasteiger partial charge in [0.25, 0.3) is 5.56 Å². The Morgan fingerprint density at radius 2 is 2.27 bits per heavy atom. The summed E-state index contributed by atoms with van der Waals surface area (Å²) in [6.07, 6.45) is 2.14. The SMILES string of the molecule is C[C@@H](c1nc2scc(-c3cccs3)c2c(=O)[nH]1)N(C)CC(=O)NC1CC1. The molecule has 0 unspecified atom stereocenters. The van der Waals surface area contributed by atoms with E-state index in [9.17, 15) is 9.59 Å². The van der Waals surface area contributed by atoms with Gasteiger partial charge in [0.05, 0.1) is 18.0 Å². The van der Waals surface area contributed by atoms with Crippen molar-refractivity contribution < 1.29 is 4.79 Å². The molecule has 0 spiro atoms. The van der Waals surface area contributed by atoms with Crippen molar-refractivity contribution in [2.45, 2.75) is 31.8 Å². The van der Waals surface area contributed by atoms with Gasteiger partial charge < -0.3 is 10.3 Å². The predicted molar refractivity (Wildman–Crippen MR) is 106 cm³/mol. The highest BCUT2D eigenvalue weighted by atomic mass is 32.1. The second-order valence-corrected chi connectivity index (χ2v) is 8.50. The highest BCUT2D eigenvalue weighted by Crippen LogP contribution is 2.33. The van der Waals surface area contributed by atoms with E-state index in [-0.39, 0.29) is 24.1 Å². The number of amides is 1. The minimum absolute atomic E-state index is 0.0152. The van der Waals surface area contributed by atoms with Crippen LogP contribution in [0.2, 0.25) is 0 Å². The lowest BCUT2D eigenvalue weighted by atomic mass is 10.2. The van der Waals surface area contributed by atoms with E-state index in [1.54, 1.807) is 11.3 Å². The van der Waals surface area contributed by atoms with Gasteiger partial charge in [-0.2, -0.15) is 0 Å². The van der Waals surface area contributed by atoms with E-state index in [1.165, 1.54) is 11.3 Å². The van der Waals surface area contributed by atoms with E-state index >= 15 is 0 Å². The molecular formula is C18H20N4O2S2. The zero-order valence-corrected chi connectivity index (χ0v) is 16.2. The van der Waals surface area contributed by atoms with Crippen molar-refractivity contribution in [2.24, 2.45) is 0 Å². The monoisotopic (exact) mass is 388 g/mol. The molecule has 1 aliphatic rings. The van der Waals surface area contributed by atoms with Gasteiger partial charge in [0, 0.05) is 21.9 Å². The molecule has 0 radical (unpaired) electrons. The number of nitrogens with one attached hydrogen (secondary N) is 2. The zero-order chi connectivity index (χ0) is 18.3. The Kier molecular flexibility index (Phi) is 4.64. The molecule has 0 aromatic carbocycles. The quantitative estimate of drug-likeness (QED) is 0.680. The standard InChI is InChI=1S/C18H20N4O2S2/c1-10(22(2)8-14(23)19-11-5-6-11)16-20-17(24)15-12(9-26-18(15)21-16)13-4-3-7-25-13/h3-4,7,9-11H,5-6,8H2,1-2H3,(H,19,23)(H,20,21,24)/t10-/m0/s1. The number of hydrogen-bond donors (Lipinski definition) is 2. The van der Waals surface area contributed by atoms with Gasteiger partial charge in [0.1, 0.15) is 10.7 Å². The molecule has 26 heavy (non-hydrogen) atoms. The maximum absolute atomic E-state index is 12.7. The minimum atomic E-state index is -0.163. The van der Waals surface area contributed by atoms with E-state index in [4.69, 9.17) is 0 Å². The van der Waals surface area contributed by atoms with Crippen LogP contribution in [0.1, 0.15) is 31.6 Å². The van der Waals surface area contributed by atoms with Crippen LogP contribution in [0, 0.1) is 0 Å². The number of nitrogens with zero attached hydrogens (tertiary/aromatic N) is 2. The molecule has 1 fully saturated rings. The first-order valence-electron chi connectivity index (χ1n) is 8.58.